The van der Waals surface area contributed by atoms with E-state index in [4.69, 9.17) is 10.5 Å². The third-order valence-electron chi connectivity index (χ3n) is 4.51. The maximum absolute atomic E-state index is 6.48. The monoisotopic (exact) mass is 353 g/mol. The van der Waals surface area contributed by atoms with Crippen molar-refractivity contribution in [3.63, 3.8) is 0 Å². The number of halogens is 1. The minimum Gasteiger partial charge on any atom is -0.369 e. The molecule has 0 amide bonds. The summed E-state index contributed by atoms with van der Waals surface area (Å²) in [5.74, 6) is 1.50. The molecule has 1 aromatic carbocycles. The minimum atomic E-state index is -0.00463. The largest absolute Gasteiger partial charge is 0.369 e. The standard InChI is InChI=1S/C18H28BrNO/c1-4-17(20)18(14-6-5-7-15(19)11-14)21-16-9-12(2)8-13(3)10-16/h5-7,11-13,16-18H,4,8-10,20H2,1-3H3. The fourth-order valence-electron chi connectivity index (χ4n) is 3.52. The van der Waals surface area contributed by atoms with Gasteiger partial charge < -0.3 is 10.5 Å². The highest BCUT2D eigenvalue weighted by Gasteiger charge is 2.29. The Kier molecular flexibility index (Phi) is 6.27. The maximum atomic E-state index is 6.48. The van der Waals surface area contributed by atoms with E-state index in [1.165, 1.54) is 12.0 Å². The lowest BCUT2D eigenvalue weighted by Gasteiger charge is -2.35. The van der Waals surface area contributed by atoms with Crippen LogP contribution in [0.5, 0.6) is 0 Å². The number of nitrogens with two attached hydrogens (primary N) is 1. The van der Waals surface area contributed by atoms with Crippen LogP contribution in [0.15, 0.2) is 28.7 Å². The number of hydrogen-bond acceptors (Lipinski definition) is 2. The Morgan fingerprint density at radius 1 is 1.24 bits per heavy atom. The van der Waals surface area contributed by atoms with Crippen molar-refractivity contribution < 1.29 is 4.74 Å². The van der Waals surface area contributed by atoms with Crippen molar-refractivity contribution in [2.24, 2.45) is 17.6 Å². The first-order chi connectivity index (χ1) is 9.99. The van der Waals surface area contributed by atoms with Gasteiger partial charge in [-0.2, -0.15) is 0 Å². The van der Waals surface area contributed by atoms with Crippen LogP contribution in [0, 0.1) is 11.8 Å². The molecule has 118 valence electrons. The van der Waals surface area contributed by atoms with Gasteiger partial charge in [-0.25, -0.2) is 0 Å². The zero-order chi connectivity index (χ0) is 15.4. The Morgan fingerprint density at radius 2 is 1.90 bits per heavy atom. The molecule has 1 aliphatic carbocycles. The van der Waals surface area contributed by atoms with Crippen LogP contribution < -0.4 is 5.73 Å². The molecule has 2 N–H and O–H groups in total. The molecule has 2 nitrogen and oxygen atoms in total. The quantitative estimate of drug-likeness (QED) is 0.801. The molecule has 0 spiro atoms. The van der Waals surface area contributed by atoms with Crippen LogP contribution in [0.25, 0.3) is 0 Å². The predicted molar refractivity (Wildman–Crippen MR) is 92.2 cm³/mol. The lowest BCUT2D eigenvalue weighted by atomic mass is 9.81. The van der Waals surface area contributed by atoms with Gasteiger partial charge in [0.25, 0.3) is 0 Å². The zero-order valence-corrected chi connectivity index (χ0v) is 15.0. The topological polar surface area (TPSA) is 35.2 Å². The SMILES string of the molecule is CCC(N)C(OC1CC(C)CC(C)C1)c1cccc(Br)c1. The van der Waals surface area contributed by atoms with Gasteiger partial charge in [-0.05, 0) is 55.2 Å². The summed E-state index contributed by atoms with van der Waals surface area (Å²) in [4.78, 5) is 0. The van der Waals surface area contributed by atoms with Gasteiger partial charge in [0.2, 0.25) is 0 Å². The second kappa shape index (κ2) is 7.75. The van der Waals surface area contributed by atoms with Gasteiger partial charge in [-0.3, -0.25) is 0 Å². The van der Waals surface area contributed by atoms with Gasteiger partial charge in [0.1, 0.15) is 0 Å². The third kappa shape index (κ3) is 4.80. The van der Waals surface area contributed by atoms with E-state index in [0.717, 1.165) is 35.6 Å². The Balaban J connectivity index is 2.13. The van der Waals surface area contributed by atoms with Gasteiger partial charge in [0, 0.05) is 10.5 Å². The Labute approximate surface area is 137 Å². The molecule has 1 aromatic rings. The second-order valence-electron chi connectivity index (χ2n) is 6.72. The zero-order valence-electron chi connectivity index (χ0n) is 13.4. The molecule has 4 atom stereocenters. The molecule has 21 heavy (non-hydrogen) atoms. The fourth-order valence-corrected chi connectivity index (χ4v) is 3.93. The van der Waals surface area contributed by atoms with Crippen LogP contribution in [0.1, 0.15) is 58.1 Å². The Bertz CT molecular complexity index is 441. The summed E-state index contributed by atoms with van der Waals surface area (Å²) in [6, 6.07) is 8.41. The van der Waals surface area contributed by atoms with Crippen LogP contribution in [0.3, 0.4) is 0 Å². The van der Waals surface area contributed by atoms with Gasteiger partial charge in [-0.15, -0.1) is 0 Å². The van der Waals surface area contributed by atoms with Crippen LogP contribution in [-0.2, 0) is 4.74 Å². The van der Waals surface area contributed by atoms with Crippen molar-refractivity contribution >= 4 is 15.9 Å². The first-order valence-electron chi connectivity index (χ1n) is 8.16. The summed E-state index contributed by atoms with van der Waals surface area (Å²) in [5.41, 5.74) is 7.53. The smallest absolute Gasteiger partial charge is 0.0979 e. The predicted octanol–water partition coefficient (Wildman–Crippen LogP) is 5.07. The van der Waals surface area contributed by atoms with Gasteiger partial charge >= 0.3 is 0 Å². The van der Waals surface area contributed by atoms with Crippen molar-refractivity contribution in [3.8, 4) is 0 Å². The number of hydrogen-bond donors (Lipinski definition) is 1. The first-order valence-corrected chi connectivity index (χ1v) is 8.95. The summed E-state index contributed by atoms with van der Waals surface area (Å²) in [5, 5.41) is 0. The van der Waals surface area contributed by atoms with E-state index in [1.807, 2.05) is 6.07 Å². The first kappa shape index (κ1) is 17.0. The highest BCUT2D eigenvalue weighted by Crippen LogP contribution is 2.35. The fraction of sp³-hybridized carbons (Fsp3) is 0.667. The summed E-state index contributed by atoms with van der Waals surface area (Å²) < 4.78 is 7.57. The van der Waals surface area contributed by atoms with Crippen molar-refractivity contribution in [2.45, 2.75) is 64.7 Å². The Hall–Kier alpha value is -0.380. The van der Waals surface area contributed by atoms with Crippen LogP contribution in [0.2, 0.25) is 0 Å². The van der Waals surface area contributed by atoms with Crippen LogP contribution in [-0.4, -0.2) is 12.1 Å². The molecule has 1 saturated carbocycles. The summed E-state index contributed by atoms with van der Waals surface area (Å²) >= 11 is 3.55. The van der Waals surface area contributed by atoms with Gasteiger partial charge in [0.05, 0.1) is 12.2 Å². The minimum absolute atomic E-state index is 0.00463. The molecule has 3 heteroatoms. The molecule has 0 aliphatic heterocycles. The van der Waals surface area contributed by atoms with E-state index in [-0.39, 0.29) is 12.1 Å². The van der Waals surface area contributed by atoms with Gasteiger partial charge in [-0.1, -0.05) is 48.8 Å². The summed E-state index contributed by atoms with van der Waals surface area (Å²) in [7, 11) is 0. The molecular formula is C18H28BrNO. The molecule has 4 unspecified atom stereocenters. The molecule has 1 aliphatic rings. The van der Waals surface area contributed by atoms with Crippen molar-refractivity contribution in [1.82, 2.24) is 0 Å². The Morgan fingerprint density at radius 3 is 2.48 bits per heavy atom. The van der Waals surface area contributed by atoms with E-state index in [2.05, 4.69) is 54.9 Å². The van der Waals surface area contributed by atoms with Crippen molar-refractivity contribution in [1.29, 1.82) is 0 Å². The molecule has 0 heterocycles. The van der Waals surface area contributed by atoms with E-state index < -0.39 is 0 Å². The molecule has 2 rings (SSSR count). The van der Waals surface area contributed by atoms with E-state index in [0.29, 0.717) is 6.10 Å². The number of rotatable bonds is 5. The number of benzene rings is 1. The van der Waals surface area contributed by atoms with Crippen LogP contribution >= 0.6 is 15.9 Å². The summed E-state index contributed by atoms with van der Waals surface area (Å²) in [6.07, 6.45) is 4.90. The van der Waals surface area contributed by atoms with E-state index in [9.17, 15) is 0 Å². The van der Waals surface area contributed by atoms with Crippen molar-refractivity contribution in [3.05, 3.63) is 34.3 Å². The van der Waals surface area contributed by atoms with E-state index >= 15 is 0 Å². The van der Waals surface area contributed by atoms with E-state index in [1.54, 1.807) is 0 Å². The average Bonchev–Trinajstić information content (AvgIpc) is 2.43. The molecule has 0 aromatic heterocycles. The highest BCUT2D eigenvalue weighted by molar-refractivity contribution is 9.10. The maximum Gasteiger partial charge on any atom is 0.0979 e. The summed E-state index contributed by atoms with van der Waals surface area (Å²) in [6.45, 7) is 6.80. The molecule has 0 radical (unpaired) electrons. The molecule has 1 fully saturated rings. The molecule has 0 saturated heterocycles. The van der Waals surface area contributed by atoms with Crippen molar-refractivity contribution in [2.75, 3.05) is 0 Å². The average molecular weight is 354 g/mol. The van der Waals surface area contributed by atoms with Crippen LogP contribution in [0.4, 0.5) is 0 Å². The number of ether oxygens (including phenoxy) is 1. The molecule has 0 bridgehead atoms. The second-order valence-corrected chi connectivity index (χ2v) is 7.64. The normalized spacial score (nSPS) is 29.1. The lowest BCUT2D eigenvalue weighted by Crippen LogP contribution is -2.35. The molecular weight excluding hydrogens is 326 g/mol. The third-order valence-corrected chi connectivity index (χ3v) is 5.01. The lowest BCUT2D eigenvalue weighted by molar-refractivity contribution is -0.0611. The highest BCUT2D eigenvalue weighted by atomic mass is 79.9. The van der Waals surface area contributed by atoms with Gasteiger partial charge in [0.15, 0.2) is 0 Å².